The summed E-state index contributed by atoms with van der Waals surface area (Å²) in [5.41, 5.74) is 5.90. The van der Waals surface area contributed by atoms with Crippen LogP contribution in [0.1, 0.15) is 6.42 Å². The van der Waals surface area contributed by atoms with Crippen LogP contribution in [0.25, 0.3) is 0 Å². The molecule has 14 heteroatoms. The molecule has 116 valence electrons. The molecule has 2 atom stereocenters. The van der Waals surface area contributed by atoms with Crippen LogP contribution in [0, 0.1) is 0 Å². The monoisotopic (exact) mass is 414 g/mol. The Kier molecular flexibility index (Phi) is 20.7. The van der Waals surface area contributed by atoms with Crippen LogP contribution >= 0.6 is 15.2 Å². The van der Waals surface area contributed by atoms with E-state index < -0.39 is 26.6 Å². The average Bonchev–Trinajstić information content (AvgIpc) is 2.33. The van der Waals surface area contributed by atoms with Crippen LogP contribution in [0.2, 0.25) is 0 Å². The molecule has 1 aromatic rings. The zero-order chi connectivity index (χ0) is 15.6. The van der Waals surface area contributed by atoms with Gasteiger partial charge in [0, 0.05) is 78.4 Å². The van der Waals surface area contributed by atoms with Gasteiger partial charge in [-0.2, -0.15) is 0 Å². The van der Waals surface area contributed by atoms with Crippen molar-refractivity contribution in [1.82, 2.24) is 0 Å². The summed E-state index contributed by atoms with van der Waals surface area (Å²) in [5.74, 6) is 0. The third-order valence-electron chi connectivity index (χ3n) is 2.99. The van der Waals surface area contributed by atoms with E-state index in [1.54, 1.807) is 42.3 Å². The third-order valence-corrected chi connectivity index (χ3v) is 6.91. The maximum absolute atomic E-state index is 11.2. The fraction of sp³-hybridized carbons (Fsp3) is 0.400. The largest absolute Gasteiger partial charge is 1.00 e. The standard InChI is InChI=1S/C10H18N2O6P2.4Na/c1-12(9-5-3-2-4-6-9)8-7-10(11,19(13,14)15)20(16,17)18;;;;/h2-6H,7-8,11H2,1H3,(H2,13,14,15)(H2,16,17,18);;;;/q;;;2*+1/p-2. The third kappa shape index (κ3) is 9.66. The van der Waals surface area contributed by atoms with Gasteiger partial charge in [-0.25, -0.2) is 0 Å². The maximum atomic E-state index is 11.2. The van der Waals surface area contributed by atoms with Crippen LogP contribution in [-0.4, -0.2) is 87.5 Å². The van der Waals surface area contributed by atoms with Gasteiger partial charge in [0.25, 0.3) is 0 Å². The second-order valence-electron chi connectivity index (χ2n) is 4.43. The normalized spacial score (nSPS) is 17.1. The molecule has 0 amide bonds. The Bertz CT molecular complexity index is 534. The molecule has 0 aliphatic heterocycles. The van der Waals surface area contributed by atoms with Crippen molar-refractivity contribution in [2.24, 2.45) is 5.73 Å². The molecule has 1 rings (SSSR count). The summed E-state index contributed by atoms with van der Waals surface area (Å²) >= 11 is 0. The fourth-order valence-corrected chi connectivity index (χ4v) is 3.63. The van der Waals surface area contributed by atoms with Gasteiger partial charge in [-0.3, -0.25) is 0 Å². The number of anilines is 1. The van der Waals surface area contributed by atoms with Crippen LogP contribution in [0.3, 0.4) is 0 Å². The quantitative estimate of drug-likeness (QED) is 0.307. The number of hydrogen-bond acceptors (Lipinski definition) is 6. The number of nitrogens with zero attached hydrogens (tertiary/aromatic N) is 1. The zero-order valence-corrected chi connectivity index (χ0v) is 24.5. The van der Waals surface area contributed by atoms with Crippen LogP contribution in [-0.2, 0) is 9.13 Å². The Morgan fingerprint density at radius 2 is 1.46 bits per heavy atom. The first kappa shape index (κ1) is 34.8. The van der Waals surface area contributed by atoms with E-state index in [1.165, 1.54) is 0 Å². The number of nitrogens with two attached hydrogens (primary N) is 1. The van der Waals surface area contributed by atoms with E-state index in [0.29, 0.717) is 5.69 Å². The zero-order valence-electron chi connectivity index (χ0n) is 14.7. The summed E-state index contributed by atoms with van der Waals surface area (Å²) in [5, 5.41) is -3.09. The number of para-hydroxylation sites is 1. The minimum absolute atomic E-state index is 0. The maximum Gasteiger partial charge on any atom is 1.00 e. The molecule has 2 radical (unpaired) electrons. The van der Waals surface area contributed by atoms with E-state index in [4.69, 9.17) is 15.5 Å². The summed E-state index contributed by atoms with van der Waals surface area (Å²) in [6.07, 6.45) is -0.674. The smallest absolute Gasteiger partial charge is 0.777 e. The van der Waals surface area contributed by atoms with Gasteiger partial charge in [-0.1, -0.05) is 18.2 Å². The van der Waals surface area contributed by atoms with Crippen molar-refractivity contribution in [2.75, 3.05) is 18.5 Å². The molecule has 0 aliphatic carbocycles. The van der Waals surface area contributed by atoms with Gasteiger partial charge in [0.05, 0.1) is 0 Å². The van der Waals surface area contributed by atoms with E-state index in [-0.39, 0.29) is 125 Å². The second-order valence-corrected chi connectivity index (χ2v) is 8.46. The molecule has 24 heavy (non-hydrogen) atoms. The predicted molar refractivity (Wildman–Crippen MR) is 82.4 cm³/mol. The van der Waals surface area contributed by atoms with Crippen molar-refractivity contribution in [3.63, 3.8) is 0 Å². The molecular weight excluding hydrogens is 398 g/mol. The molecule has 1 aromatic carbocycles. The first-order chi connectivity index (χ1) is 8.99. The number of hydrogen-bond donors (Lipinski definition) is 3. The van der Waals surface area contributed by atoms with Gasteiger partial charge in [0.2, 0.25) is 0 Å². The van der Waals surface area contributed by atoms with E-state index in [0.717, 1.165) is 0 Å². The first-order valence-electron chi connectivity index (χ1n) is 5.62. The summed E-state index contributed by atoms with van der Waals surface area (Å²) < 4.78 is 22.3. The molecule has 0 saturated heterocycles. The number of rotatable bonds is 6. The van der Waals surface area contributed by atoms with E-state index in [1.807, 2.05) is 0 Å². The minimum Gasteiger partial charge on any atom is -0.777 e. The SMILES string of the molecule is CN(CCC(N)(P(=O)([O-])O)P(=O)([O-])O)c1ccccc1.[Na+].[Na+].[Na].[Na]. The van der Waals surface area contributed by atoms with Crippen LogP contribution in [0.4, 0.5) is 5.69 Å². The van der Waals surface area contributed by atoms with Gasteiger partial charge in [-0.05, 0) is 18.6 Å². The van der Waals surface area contributed by atoms with Gasteiger partial charge in [-0.15, -0.1) is 0 Å². The Hall–Kier alpha value is 3.28. The minimum atomic E-state index is -5.48. The molecular formula is C10H16N2Na4O6P2. The van der Waals surface area contributed by atoms with Crippen LogP contribution in [0.5, 0.6) is 0 Å². The molecule has 0 saturated carbocycles. The predicted octanol–water partition coefficient (Wildman–Crippen LogP) is -7.54. The summed E-state index contributed by atoms with van der Waals surface area (Å²) in [7, 11) is -9.37. The Morgan fingerprint density at radius 1 is 1.08 bits per heavy atom. The fourth-order valence-electron chi connectivity index (χ4n) is 1.59. The van der Waals surface area contributed by atoms with Crippen molar-refractivity contribution in [1.29, 1.82) is 0 Å². The topological polar surface area (TPSA) is 150 Å². The molecule has 8 nitrogen and oxygen atoms in total. The molecule has 0 aliphatic rings. The van der Waals surface area contributed by atoms with Crippen molar-refractivity contribution < 1.29 is 87.8 Å². The van der Waals surface area contributed by atoms with Crippen molar-refractivity contribution in [2.45, 2.75) is 11.4 Å². The first-order valence-corrected chi connectivity index (χ1v) is 8.77. The van der Waals surface area contributed by atoms with Crippen molar-refractivity contribution in [3.8, 4) is 0 Å². The van der Waals surface area contributed by atoms with E-state index >= 15 is 0 Å². The Balaban J connectivity index is -0.000000500. The average molecular weight is 414 g/mol. The Labute approximate surface area is 230 Å². The van der Waals surface area contributed by atoms with Crippen LogP contribution < -0.4 is 79.5 Å². The summed E-state index contributed by atoms with van der Waals surface area (Å²) in [4.78, 5) is 41.8. The van der Waals surface area contributed by atoms with Crippen molar-refractivity contribution in [3.05, 3.63) is 30.3 Å². The van der Waals surface area contributed by atoms with E-state index in [2.05, 4.69) is 0 Å². The molecule has 0 spiro atoms. The van der Waals surface area contributed by atoms with E-state index in [9.17, 15) is 18.9 Å². The van der Waals surface area contributed by atoms with Gasteiger partial charge >= 0.3 is 59.1 Å². The molecule has 4 N–H and O–H groups in total. The second kappa shape index (κ2) is 14.3. The van der Waals surface area contributed by atoms with Gasteiger partial charge in [0.15, 0.2) is 15.2 Å². The molecule has 0 bridgehead atoms. The summed E-state index contributed by atoms with van der Waals surface area (Å²) in [6.45, 7) is -0.0971. The van der Waals surface area contributed by atoms with Gasteiger partial charge in [0.1, 0.15) is 5.02 Å². The Morgan fingerprint density at radius 3 is 1.79 bits per heavy atom. The molecule has 0 heterocycles. The van der Waals surface area contributed by atoms with Gasteiger partial charge < -0.3 is 39.3 Å². The van der Waals surface area contributed by atoms with Crippen molar-refractivity contribution >= 4 is 80.0 Å². The molecule has 0 fully saturated rings. The summed E-state index contributed by atoms with van der Waals surface area (Å²) in [6, 6.07) is 8.73. The molecule has 2 unspecified atom stereocenters. The molecule has 0 aromatic heterocycles. The van der Waals surface area contributed by atoms with Crippen LogP contribution in [0.15, 0.2) is 30.3 Å². The number of benzene rings is 1.